The Kier molecular flexibility index (Phi) is 9.48. The van der Waals surface area contributed by atoms with E-state index in [-0.39, 0.29) is 35.7 Å². The molecule has 1 saturated heterocycles. The van der Waals surface area contributed by atoms with Crippen molar-refractivity contribution < 1.29 is 64.3 Å². The van der Waals surface area contributed by atoms with Gasteiger partial charge in [0.25, 0.3) is 0 Å². The zero-order valence-corrected chi connectivity index (χ0v) is 19.8. The molecule has 2 unspecified atom stereocenters. The van der Waals surface area contributed by atoms with Crippen molar-refractivity contribution >= 4 is 11.9 Å². The van der Waals surface area contributed by atoms with Gasteiger partial charge in [-0.25, -0.2) is 4.79 Å². The van der Waals surface area contributed by atoms with E-state index in [2.05, 4.69) is 0 Å². The third-order valence-electron chi connectivity index (χ3n) is 6.12. The molecule has 0 aromatic heterocycles. The summed E-state index contributed by atoms with van der Waals surface area (Å²) in [6, 6.07) is 4.17. The number of aliphatic hydroxyl groups excluding tert-OH is 4. The lowest BCUT2D eigenvalue weighted by Gasteiger charge is -2.41. The fourth-order valence-electron chi connectivity index (χ4n) is 4.05. The van der Waals surface area contributed by atoms with E-state index in [1.807, 2.05) is 0 Å². The van der Waals surface area contributed by atoms with Gasteiger partial charge in [-0.3, -0.25) is 4.79 Å². The molecule has 7 atom stereocenters. The second kappa shape index (κ2) is 12.4. The van der Waals surface area contributed by atoms with Gasteiger partial charge in [0.15, 0.2) is 17.8 Å². The summed E-state index contributed by atoms with van der Waals surface area (Å²) < 4.78 is 21.6. The lowest BCUT2D eigenvalue weighted by molar-refractivity contribution is -0.327. The molecule has 0 aliphatic carbocycles. The summed E-state index contributed by atoms with van der Waals surface area (Å²) in [4.78, 5) is 24.4. The maximum atomic E-state index is 12.6. The van der Waals surface area contributed by atoms with Gasteiger partial charge in [-0.1, -0.05) is 12.1 Å². The minimum Gasteiger partial charge on any atom is -0.504 e. The summed E-state index contributed by atoms with van der Waals surface area (Å²) in [5.74, 6) is -3.70. The van der Waals surface area contributed by atoms with Gasteiger partial charge >= 0.3 is 11.9 Å². The molecule has 0 amide bonds. The van der Waals surface area contributed by atoms with Crippen LogP contribution in [0.15, 0.2) is 41.7 Å². The van der Waals surface area contributed by atoms with Crippen molar-refractivity contribution in [3.63, 3.8) is 0 Å². The summed E-state index contributed by atoms with van der Waals surface area (Å²) in [5, 5.41) is 68.1. The summed E-state index contributed by atoms with van der Waals surface area (Å²) in [5.41, 5.74) is 0.557. The van der Waals surface area contributed by atoms with Crippen LogP contribution in [-0.4, -0.2) is 97.9 Å². The molecule has 0 spiro atoms. The molecule has 0 bridgehead atoms. The number of phenolic OH excluding ortho intramolecular Hbond substituents is 2. The van der Waals surface area contributed by atoms with Crippen molar-refractivity contribution in [3.05, 3.63) is 47.2 Å². The van der Waals surface area contributed by atoms with Crippen LogP contribution in [0.25, 0.3) is 0 Å². The molecule has 1 aromatic rings. The van der Waals surface area contributed by atoms with E-state index in [0.29, 0.717) is 5.56 Å². The number of benzene rings is 1. The fraction of sp³-hybridized carbons (Fsp3) is 0.500. The van der Waals surface area contributed by atoms with Gasteiger partial charge in [0.05, 0.1) is 31.5 Å². The number of esters is 1. The largest absolute Gasteiger partial charge is 0.504 e. The number of aromatic hydroxyl groups is 2. The Morgan fingerprint density at radius 1 is 1.08 bits per heavy atom. The van der Waals surface area contributed by atoms with E-state index in [1.54, 1.807) is 13.0 Å². The lowest BCUT2D eigenvalue weighted by atomic mass is 9.86. The maximum Gasteiger partial charge on any atom is 0.335 e. The van der Waals surface area contributed by atoms with E-state index in [0.717, 1.165) is 6.26 Å². The van der Waals surface area contributed by atoms with Gasteiger partial charge in [-0.05, 0) is 24.6 Å². The Morgan fingerprint density at radius 3 is 2.43 bits per heavy atom. The normalized spacial score (nSPS) is 30.9. The number of rotatable bonds is 9. The molecule has 0 radical (unpaired) electrons. The highest BCUT2D eigenvalue weighted by Crippen LogP contribution is 2.36. The molecule has 2 aliphatic rings. The second-order valence-corrected chi connectivity index (χ2v) is 8.52. The fourth-order valence-corrected chi connectivity index (χ4v) is 4.05. The standard InChI is InChI=1S/C24H30O13/c1-2-12-13(8-18(28)34-6-5-11-3-4-15(26)16(27)7-11)14(22(32)33)10-35-23(12)37-24-21(31)20(30)19(29)17(9-25)36-24/h2-4,7,10,13,17,19-21,23-27,29-31H,5-6,8-9H2,1H3,(H,32,33)/b12-2-/t13?,17-,19-,20+,21-,23?,24+/m0/s1. The Balaban J connectivity index is 1.68. The average Bonchev–Trinajstić information content (AvgIpc) is 2.86. The minimum atomic E-state index is -1.72. The molecule has 2 heterocycles. The third-order valence-corrected chi connectivity index (χ3v) is 6.12. The van der Waals surface area contributed by atoms with Crippen molar-refractivity contribution in [2.75, 3.05) is 13.2 Å². The Labute approximate surface area is 211 Å². The number of hydrogen-bond acceptors (Lipinski definition) is 12. The summed E-state index contributed by atoms with van der Waals surface area (Å²) in [6.45, 7) is 0.811. The smallest absolute Gasteiger partial charge is 0.335 e. The van der Waals surface area contributed by atoms with E-state index < -0.39 is 67.9 Å². The molecule has 13 nitrogen and oxygen atoms in total. The highest BCUT2D eigenvalue weighted by Gasteiger charge is 2.46. The first-order valence-corrected chi connectivity index (χ1v) is 11.4. The van der Waals surface area contributed by atoms with Crippen LogP contribution < -0.4 is 0 Å². The number of phenols is 2. The number of carboxylic acid groups (broad SMARTS) is 1. The monoisotopic (exact) mass is 526 g/mol. The molecule has 37 heavy (non-hydrogen) atoms. The Hall–Kier alpha value is -3.20. The third kappa shape index (κ3) is 6.57. The van der Waals surface area contributed by atoms with Crippen LogP contribution in [0.1, 0.15) is 18.9 Å². The zero-order valence-electron chi connectivity index (χ0n) is 19.8. The van der Waals surface area contributed by atoms with Crippen LogP contribution in [0.4, 0.5) is 0 Å². The minimum absolute atomic E-state index is 0.0750. The molecule has 7 N–H and O–H groups in total. The summed E-state index contributed by atoms with van der Waals surface area (Å²) in [7, 11) is 0. The highest BCUT2D eigenvalue weighted by atomic mass is 16.8. The van der Waals surface area contributed by atoms with Crippen LogP contribution in [0.2, 0.25) is 0 Å². The molecule has 3 rings (SSSR count). The second-order valence-electron chi connectivity index (χ2n) is 8.52. The number of carboxylic acids is 1. The van der Waals surface area contributed by atoms with Gasteiger partial charge in [0.2, 0.25) is 6.29 Å². The van der Waals surface area contributed by atoms with Crippen LogP contribution >= 0.6 is 0 Å². The van der Waals surface area contributed by atoms with Gasteiger partial charge in [-0.2, -0.15) is 0 Å². The van der Waals surface area contributed by atoms with E-state index >= 15 is 0 Å². The predicted octanol–water partition coefficient (Wildman–Crippen LogP) is -0.723. The number of ether oxygens (including phenoxy) is 4. The molecular formula is C24H30O13. The van der Waals surface area contributed by atoms with Gasteiger partial charge in [0, 0.05) is 17.9 Å². The number of aliphatic hydroxyl groups is 4. The molecule has 0 saturated carbocycles. The van der Waals surface area contributed by atoms with Crippen molar-refractivity contribution in [1.82, 2.24) is 0 Å². The first-order valence-electron chi connectivity index (χ1n) is 11.4. The Morgan fingerprint density at radius 2 is 1.81 bits per heavy atom. The van der Waals surface area contributed by atoms with Crippen molar-refractivity contribution in [2.24, 2.45) is 5.92 Å². The van der Waals surface area contributed by atoms with Crippen molar-refractivity contribution in [1.29, 1.82) is 0 Å². The highest BCUT2D eigenvalue weighted by molar-refractivity contribution is 5.89. The average molecular weight is 526 g/mol. The summed E-state index contributed by atoms with van der Waals surface area (Å²) in [6.07, 6.45) is -6.90. The lowest BCUT2D eigenvalue weighted by Crippen LogP contribution is -2.60. The quantitative estimate of drug-likeness (QED) is 0.120. The maximum absolute atomic E-state index is 12.6. The van der Waals surface area contributed by atoms with Crippen LogP contribution in [-0.2, 0) is 35.0 Å². The molecule has 13 heteroatoms. The number of carbonyl (C=O) groups is 2. The summed E-state index contributed by atoms with van der Waals surface area (Å²) >= 11 is 0. The van der Waals surface area contributed by atoms with E-state index in [1.165, 1.54) is 18.2 Å². The van der Waals surface area contributed by atoms with Crippen LogP contribution in [0.5, 0.6) is 11.5 Å². The number of allylic oxidation sites excluding steroid dienone is 1. The SMILES string of the molecule is C/C=C1\C(O[C@H]2O[C@@H](CO)[C@H](O)[C@@H](O)[C@@H]2O)OC=C(C(=O)O)C1CC(=O)OCCc1ccc(O)c(O)c1. The van der Waals surface area contributed by atoms with Crippen LogP contribution in [0, 0.1) is 5.92 Å². The topological polar surface area (TPSA) is 213 Å². The predicted molar refractivity (Wildman–Crippen MR) is 122 cm³/mol. The number of carbonyl (C=O) groups excluding carboxylic acids is 1. The molecule has 204 valence electrons. The van der Waals surface area contributed by atoms with Crippen molar-refractivity contribution in [3.8, 4) is 11.5 Å². The van der Waals surface area contributed by atoms with Crippen LogP contribution in [0.3, 0.4) is 0 Å². The first-order chi connectivity index (χ1) is 17.6. The number of hydrogen-bond donors (Lipinski definition) is 7. The van der Waals surface area contributed by atoms with Gasteiger partial charge in [0.1, 0.15) is 24.4 Å². The van der Waals surface area contributed by atoms with Gasteiger partial charge in [-0.15, -0.1) is 0 Å². The van der Waals surface area contributed by atoms with Crippen molar-refractivity contribution in [2.45, 2.75) is 56.8 Å². The molecule has 2 aliphatic heterocycles. The zero-order chi connectivity index (χ0) is 27.3. The van der Waals surface area contributed by atoms with Gasteiger partial charge < -0.3 is 54.7 Å². The van der Waals surface area contributed by atoms with E-state index in [9.17, 15) is 45.3 Å². The molecular weight excluding hydrogens is 496 g/mol. The first kappa shape index (κ1) is 28.4. The Bertz CT molecular complexity index is 1030. The van der Waals surface area contributed by atoms with E-state index in [4.69, 9.17) is 18.9 Å². The molecule has 1 aromatic carbocycles. The molecule has 1 fully saturated rings. The number of aliphatic carboxylic acids is 1.